The Labute approximate surface area is 125 Å². The molecule has 1 aromatic carbocycles. The molecule has 1 unspecified atom stereocenters. The molecular formula is C17H23NOS. The van der Waals surface area contributed by atoms with E-state index in [0.29, 0.717) is 6.42 Å². The molecule has 2 rings (SSSR count). The molecule has 0 fully saturated rings. The van der Waals surface area contributed by atoms with Crippen molar-refractivity contribution in [3.05, 3.63) is 51.5 Å². The van der Waals surface area contributed by atoms with Gasteiger partial charge >= 0.3 is 0 Å². The number of hydrogen-bond acceptors (Lipinski definition) is 3. The summed E-state index contributed by atoms with van der Waals surface area (Å²) in [6, 6.07) is 8.06. The first kappa shape index (κ1) is 15.2. The fourth-order valence-corrected chi connectivity index (χ4v) is 3.22. The van der Waals surface area contributed by atoms with Crippen molar-refractivity contribution in [2.45, 2.75) is 52.1 Å². The van der Waals surface area contributed by atoms with Crippen LogP contribution in [0.3, 0.4) is 0 Å². The first-order chi connectivity index (χ1) is 9.18. The lowest BCUT2D eigenvalue weighted by Crippen LogP contribution is -2.24. The number of thiazole rings is 1. The molecule has 20 heavy (non-hydrogen) atoms. The molecule has 1 heterocycles. The van der Waals surface area contributed by atoms with Crippen molar-refractivity contribution >= 4 is 11.3 Å². The second kappa shape index (κ2) is 5.30. The minimum absolute atomic E-state index is 0.0600. The Balaban J connectivity index is 2.19. The van der Waals surface area contributed by atoms with Crippen molar-refractivity contribution in [3.63, 3.8) is 0 Å². The van der Waals surface area contributed by atoms with E-state index < -0.39 is 5.60 Å². The van der Waals surface area contributed by atoms with Gasteiger partial charge in [0, 0.05) is 17.2 Å². The van der Waals surface area contributed by atoms with Gasteiger partial charge in [-0.15, -0.1) is 11.3 Å². The maximum Gasteiger partial charge on any atom is 0.0960 e. The highest BCUT2D eigenvalue weighted by Crippen LogP contribution is 2.29. The van der Waals surface area contributed by atoms with E-state index in [4.69, 9.17) is 0 Å². The van der Waals surface area contributed by atoms with Gasteiger partial charge in [-0.05, 0) is 19.4 Å². The summed E-state index contributed by atoms with van der Waals surface area (Å²) in [5.41, 5.74) is 2.42. The fraction of sp³-hybridized carbons (Fsp3) is 0.471. The van der Waals surface area contributed by atoms with Gasteiger partial charge in [0.05, 0.1) is 16.3 Å². The standard InChI is InChI=1S/C17H23NOS/c1-12-6-8-13(9-7-12)17(5,19)10-15-18-14(11-20-15)16(2,3)4/h6-9,11,19H,10H2,1-5H3. The van der Waals surface area contributed by atoms with Gasteiger partial charge in [0.25, 0.3) is 0 Å². The molecule has 108 valence electrons. The summed E-state index contributed by atoms with van der Waals surface area (Å²) in [5.74, 6) is 0. The molecule has 1 atom stereocenters. The van der Waals surface area contributed by atoms with E-state index in [9.17, 15) is 5.11 Å². The number of rotatable bonds is 3. The highest BCUT2D eigenvalue weighted by molar-refractivity contribution is 7.09. The highest BCUT2D eigenvalue weighted by atomic mass is 32.1. The smallest absolute Gasteiger partial charge is 0.0960 e. The Kier molecular flexibility index (Phi) is 4.03. The third-order valence-electron chi connectivity index (χ3n) is 3.49. The Bertz CT molecular complexity index is 576. The molecule has 0 aliphatic heterocycles. The Morgan fingerprint density at radius 3 is 2.20 bits per heavy atom. The van der Waals surface area contributed by atoms with Crippen molar-refractivity contribution in [1.29, 1.82) is 0 Å². The van der Waals surface area contributed by atoms with Crippen molar-refractivity contribution < 1.29 is 5.11 Å². The van der Waals surface area contributed by atoms with E-state index in [1.807, 2.05) is 31.2 Å². The summed E-state index contributed by atoms with van der Waals surface area (Å²) < 4.78 is 0. The molecule has 0 spiro atoms. The van der Waals surface area contributed by atoms with E-state index in [2.05, 4.69) is 38.1 Å². The summed E-state index contributed by atoms with van der Waals surface area (Å²) in [4.78, 5) is 4.67. The highest BCUT2D eigenvalue weighted by Gasteiger charge is 2.26. The monoisotopic (exact) mass is 289 g/mol. The Hall–Kier alpha value is -1.19. The summed E-state index contributed by atoms with van der Waals surface area (Å²) in [7, 11) is 0. The third kappa shape index (κ3) is 3.47. The van der Waals surface area contributed by atoms with Gasteiger partial charge in [-0.3, -0.25) is 0 Å². The maximum atomic E-state index is 10.7. The average Bonchev–Trinajstić information content (AvgIpc) is 2.77. The molecule has 0 saturated carbocycles. The molecule has 0 aliphatic carbocycles. The predicted molar refractivity (Wildman–Crippen MR) is 85.3 cm³/mol. The van der Waals surface area contributed by atoms with Gasteiger partial charge < -0.3 is 5.11 Å². The molecule has 2 aromatic rings. The van der Waals surface area contributed by atoms with Crippen LogP contribution in [0.15, 0.2) is 29.6 Å². The van der Waals surface area contributed by atoms with Crippen LogP contribution in [0, 0.1) is 6.92 Å². The van der Waals surface area contributed by atoms with Crippen LogP contribution in [0.2, 0.25) is 0 Å². The Morgan fingerprint density at radius 2 is 1.70 bits per heavy atom. The van der Waals surface area contributed by atoms with Crippen molar-refractivity contribution in [2.75, 3.05) is 0 Å². The molecule has 3 heteroatoms. The molecule has 0 bridgehead atoms. The van der Waals surface area contributed by atoms with Gasteiger partial charge in [0.2, 0.25) is 0 Å². The van der Waals surface area contributed by atoms with Crippen LogP contribution < -0.4 is 0 Å². The number of hydrogen-bond donors (Lipinski definition) is 1. The maximum absolute atomic E-state index is 10.7. The zero-order chi connectivity index (χ0) is 15.0. The number of nitrogens with zero attached hydrogens (tertiary/aromatic N) is 1. The van der Waals surface area contributed by atoms with E-state index in [1.165, 1.54) is 5.56 Å². The predicted octanol–water partition coefficient (Wildman–Crippen LogP) is 4.20. The second-order valence-corrected chi connectivity index (χ2v) is 7.64. The molecule has 2 nitrogen and oxygen atoms in total. The Morgan fingerprint density at radius 1 is 1.10 bits per heavy atom. The SMILES string of the molecule is Cc1ccc(C(C)(O)Cc2nc(C(C)(C)C)cs2)cc1. The number of aliphatic hydroxyl groups is 1. The van der Waals surface area contributed by atoms with E-state index in [0.717, 1.165) is 16.3 Å². The molecule has 0 amide bonds. The van der Waals surface area contributed by atoms with Crippen LogP contribution in [0.5, 0.6) is 0 Å². The quantitative estimate of drug-likeness (QED) is 0.918. The van der Waals surface area contributed by atoms with Gasteiger partial charge in [-0.2, -0.15) is 0 Å². The molecule has 0 saturated heterocycles. The lowest BCUT2D eigenvalue weighted by Gasteiger charge is -2.23. The van der Waals surface area contributed by atoms with Crippen LogP contribution in [0.25, 0.3) is 0 Å². The molecular weight excluding hydrogens is 266 g/mol. The van der Waals surface area contributed by atoms with Crippen LogP contribution in [0.1, 0.15) is 49.5 Å². The van der Waals surface area contributed by atoms with Crippen molar-refractivity contribution in [1.82, 2.24) is 4.98 Å². The van der Waals surface area contributed by atoms with Crippen LogP contribution >= 0.6 is 11.3 Å². The lowest BCUT2D eigenvalue weighted by molar-refractivity contribution is 0.0575. The minimum atomic E-state index is -0.874. The van der Waals surface area contributed by atoms with Gasteiger partial charge in [-0.1, -0.05) is 50.6 Å². The van der Waals surface area contributed by atoms with Gasteiger partial charge in [0.15, 0.2) is 0 Å². The summed E-state index contributed by atoms with van der Waals surface area (Å²) in [6.07, 6.45) is 0.552. The van der Waals surface area contributed by atoms with Crippen molar-refractivity contribution in [3.8, 4) is 0 Å². The minimum Gasteiger partial charge on any atom is -0.385 e. The molecule has 0 radical (unpaired) electrons. The summed E-state index contributed by atoms with van der Waals surface area (Å²) >= 11 is 1.63. The molecule has 1 N–H and O–H groups in total. The first-order valence-corrected chi connectivity index (χ1v) is 7.81. The summed E-state index contributed by atoms with van der Waals surface area (Å²) in [6.45, 7) is 10.4. The van der Waals surface area contributed by atoms with Gasteiger partial charge in [-0.25, -0.2) is 4.98 Å². The normalized spacial score (nSPS) is 15.1. The fourth-order valence-electron chi connectivity index (χ4n) is 2.05. The third-order valence-corrected chi connectivity index (χ3v) is 4.34. The first-order valence-electron chi connectivity index (χ1n) is 6.93. The zero-order valence-electron chi connectivity index (χ0n) is 12.9. The molecule has 0 aliphatic rings. The lowest BCUT2D eigenvalue weighted by atomic mass is 9.91. The molecule has 1 aromatic heterocycles. The number of benzene rings is 1. The van der Waals surface area contributed by atoms with E-state index >= 15 is 0 Å². The van der Waals surface area contributed by atoms with E-state index in [-0.39, 0.29) is 5.41 Å². The van der Waals surface area contributed by atoms with Crippen LogP contribution in [0.4, 0.5) is 0 Å². The second-order valence-electron chi connectivity index (χ2n) is 6.69. The average molecular weight is 289 g/mol. The zero-order valence-corrected chi connectivity index (χ0v) is 13.7. The topological polar surface area (TPSA) is 33.1 Å². The van der Waals surface area contributed by atoms with Crippen LogP contribution in [-0.2, 0) is 17.4 Å². The number of aryl methyl sites for hydroxylation is 1. The summed E-state index contributed by atoms with van der Waals surface area (Å²) in [5, 5.41) is 13.8. The van der Waals surface area contributed by atoms with E-state index in [1.54, 1.807) is 11.3 Å². The van der Waals surface area contributed by atoms with Crippen LogP contribution in [-0.4, -0.2) is 10.1 Å². The largest absolute Gasteiger partial charge is 0.385 e. The van der Waals surface area contributed by atoms with Gasteiger partial charge in [0.1, 0.15) is 0 Å². The van der Waals surface area contributed by atoms with Crippen molar-refractivity contribution in [2.24, 2.45) is 0 Å². The number of aromatic nitrogens is 1.